The van der Waals surface area contributed by atoms with Crippen LogP contribution in [-0.2, 0) is 10.0 Å². The van der Waals surface area contributed by atoms with Crippen LogP contribution in [-0.4, -0.2) is 26.2 Å². The molecule has 0 aliphatic carbocycles. The van der Waals surface area contributed by atoms with Gasteiger partial charge in [-0.2, -0.15) is 0 Å². The van der Waals surface area contributed by atoms with Gasteiger partial charge in [0, 0.05) is 11.0 Å². The van der Waals surface area contributed by atoms with E-state index in [4.69, 9.17) is 5.11 Å². The van der Waals surface area contributed by atoms with E-state index in [-0.39, 0.29) is 11.4 Å². The van der Waals surface area contributed by atoms with Crippen LogP contribution in [0.2, 0.25) is 0 Å². The van der Waals surface area contributed by atoms with Crippen molar-refractivity contribution < 1.29 is 13.5 Å². The summed E-state index contributed by atoms with van der Waals surface area (Å²) in [7, 11) is -3.49. The summed E-state index contributed by atoms with van der Waals surface area (Å²) >= 11 is 3.18. The first-order valence-electron chi connectivity index (χ1n) is 4.86. The van der Waals surface area contributed by atoms with E-state index in [2.05, 4.69) is 20.7 Å². The molecule has 0 radical (unpaired) electrons. The largest absolute Gasteiger partial charge is 0.393 e. The lowest BCUT2D eigenvalue weighted by Crippen LogP contribution is -2.27. The monoisotopic (exact) mass is 307 g/mol. The Morgan fingerprint density at radius 3 is 2.62 bits per heavy atom. The molecule has 1 atom stereocenters. The summed E-state index contributed by atoms with van der Waals surface area (Å²) in [5, 5.41) is 9.03. The Morgan fingerprint density at radius 1 is 1.44 bits per heavy atom. The van der Waals surface area contributed by atoms with Gasteiger partial charge in [0.05, 0.1) is 11.0 Å². The lowest BCUT2D eigenvalue weighted by atomic mass is 10.3. The summed E-state index contributed by atoms with van der Waals surface area (Å²) in [6.45, 7) is 1.84. The molecule has 0 amide bonds. The zero-order valence-electron chi connectivity index (χ0n) is 8.85. The minimum Gasteiger partial charge on any atom is -0.393 e. The summed E-state index contributed by atoms with van der Waals surface area (Å²) in [5.74, 6) is 0. The number of halogens is 1. The maximum atomic E-state index is 11.8. The van der Waals surface area contributed by atoms with E-state index < -0.39 is 16.1 Å². The number of benzene rings is 1. The SMILES string of the molecule is CC(O)CCNS(=O)(=O)c1ccccc1Br. The van der Waals surface area contributed by atoms with Gasteiger partial charge in [0.1, 0.15) is 0 Å². The normalized spacial score (nSPS) is 13.7. The van der Waals surface area contributed by atoms with Gasteiger partial charge < -0.3 is 5.11 Å². The van der Waals surface area contributed by atoms with Crippen LogP contribution in [0.3, 0.4) is 0 Å². The maximum Gasteiger partial charge on any atom is 0.241 e. The maximum absolute atomic E-state index is 11.8. The molecule has 0 fully saturated rings. The first kappa shape index (κ1) is 13.6. The smallest absolute Gasteiger partial charge is 0.241 e. The van der Waals surface area contributed by atoms with Gasteiger partial charge in [0.2, 0.25) is 10.0 Å². The molecule has 1 unspecified atom stereocenters. The number of hydrogen-bond donors (Lipinski definition) is 2. The third-order valence-electron chi connectivity index (χ3n) is 1.98. The van der Waals surface area contributed by atoms with E-state index in [0.717, 1.165) is 0 Å². The first-order chi connectivity index (χ1) is 7.43. The highest BCUT2D eigenvalue weighted by Gasteiger charge is 2.16. The number of aliphatic hydroxyl groups is 1. The fourth-order valence-corrected chi connectivity index (χ4v) is 3.19. The van der Waals surface area contributed by atoms with E-state index in [9.17, 15) is 8.42 Å². The molecule has 90 valence electrons. The van der Waals surface area contributed by atoms with Crippen LogP contribution in [0.15, 0.2) is 33.6 Å². The van der Waals surface area contributed by atoms with Gasteiger partial charge in [0.15, 0.2) is 0 Å². The summed E-state index contributed by atoms with van der Waals surface area (Å²) in [5.41, 5.74) is 0. The fourth-order valence-electron chi connectivity index (χ4n) is 1.14. The molecule has 0 saturated heterocycles. The molecule has 16 heavy (non-hydrogen) atoms. The second kappa shape index (κ2) is 5.77. The average molecular weight is 308 g/mol. The summed E-state index contributed by atoms with van der Waals surface area (Å²) < 4.78 is 26.6. The Kier molecular flexibility index (Phi) is 4.91. The standard InChI is InChI=1S/C10H14BrNO3S/c1-8(13)6-7-12-16(14,15)10-5-3-2-4-9(10)11/h2-5,8,12-13H,6-7H2,1H3. The lowest BCUT2D eigenvalue weighted by Gasteiger charge is -2.09. The van der Waals surface area contributed by atoms with Crippen molar-refractivity contribution in [3.63, 3.8) is 0 Å². The van der Waals surface area contributed by atoms with Crippen LogP contribution in [0.4, 0.5) is 0 Å². The molecule has 0 saturated carbocycles. The number of sulfonamides is 1. The Morgan fingerprint density at radius 2 is 2.06 bits per heavy atom. The Balaban J connectivity index is 2.75. The van der Waals surface area contributed by atoms with Crippen molar-refractivity contribution >= 4 is 26.0 Å². The number of hydrogen-bond acceptors (Lipinski definition) is 3. The second-order valence-corrected chi connectivity index (χ2v) is 6.06. The van der Waals surface area contributed by atoms with Gasteiger partial charge in [-0.05, 0) is 41.4 Å². The minimum absolute atomic E-state index is 0.209. The number of rotatable bonds is 5. The predicted octanol–water partition coefficient (Wildman–Crippen LogP) is 1.50. The van der Waals surface area contributed by atoms with Gasteiger partial charge in [-0.25, -0.2) is 13.1 Å². The van der Waals surface area contributed by atoms with Crippen molar-refractivity contribution in [3.8, 4) is 0 Å². The molecular weight excluding hydrogens is 294 g/mol. The van der Waals surface area contributed by atoms with Crippen molar-refractivity contribution in [3.05, 3.63) is 28.7 Å². The van der Waals surface area contributed by atoms with E-state index in [1.54, 1.807) is 25.1 Å². The molecule has 0 spiro atoms. The number of aliphatic hydroxyl groups excluding tert-OH is 1. The van der Waals surface area contributed by atoms with E-state index >= 15 is 0 Å². The first-order valence-corrected chi connectivity index (χ1v) is 7.13. The van der Waals surface area contributed by atoms with E-state index in [0.29, 0.717) is 10.9 Å². The fraction of sp³-hybridized carbons (Fsp3) is 0.400. The molecular formula is C10H14BrNO3S. The molecule has 0 aliphatic rings. The highest BCUT2D eigenvalue weighted by atomic mass is 79.9. The number of nitrogens with one attached hydrogen (secondary N) is 1. The zero-order valence-corrected chi connectivity index (χ0v) is 11.3. The summed E-state index contributed by atoms with van der Waals surface area (Å²) in [6, 6.07) is 6.60. The molecule has 2 N–H and O–H groups in total. The highest BCUT2D eigenvalue weighted by Crippen LogP contribution is 2.20. The molecule has 0 aromatic heterocycles. The van der Waals surface area contributed by atoms with Gasteiger partial charge in [-0.3, -0.25) is 0 Å². The van der Waals surface area contributed by atoms with Crippen LogP contribution >= 0.6 is 15.9 Å². The van der Waals surface area contributed by atoms with Crippen LogP contribution in [0.1, 0.15) is 13.3 Å². The average Bonchev–Trinajstić information content (AvgIpc) is 2.17. The van der Waals surface area contributed by atoms with E-state index in [1.807, 2.05) is 0 Å². The molecule has 4 nitrogen and oxygen atoms in total. The highest BCUT2D eigenvalue weighted by molar-refractivity contribution is 9.10. The van der Waals surface area contributed by atoms with Crippen molar-refractivity contribution in [1.82, 2.24) is 4.72 Å². The summed E-state index contributed by atoms with van der Waals surface area (Å²) in [6.07, 6.45) is -0.120. The lowest BCUT2D eigenvalue weighted by molar-refractivity contribution is 0.186. The van der Waals surface area contributed by atoms with Crippen LogP contribution in [0.5, 0.6) is 0 Å². The predicted molar refractivity (Wildman–Crippen MR) is 65.6 cm³/mol. The van der Waals surface area contributed by atoms with Gasteiger partial charge in [0.25, 0.3) is 0 Å². The Hall–Kier alpha value is -0.430. The quantitative estimate of drug-likeness (QED) is 0.866. The van der Waals surface area contributed by atoms with Crippen molar-refractivity contribution in [1.29, 1.82) is 0 Å². The van der Waals surface area contributed by atoms with Gasteiger partial charge in [-0.1, -0.05) is 12.1 Å². The second-order valence-electron chi connectivity index (χ2n) is 3.47. The van der Waals surface area contributed by atoms with E-state index in [1.165, 1.54) is 6.07 Å². The molecule has 1 rings (SSSR count). The van der Waals surface area contributed by atoms with Crippen LogP contribution in [0.25, 0.3) is 0 Å². The Bertz CT molecular complexity index is 445. The molecule has 0 bridgehead atoms. The minimum atomic E-state index is -3.49. The Labute approximate surface area is 104 Å². The zero-order chi connectivity index (χ0) is 12.2. The van der Waals surface area contributed by atoms with Crippen molar-refractivity contribution in [2.75, 3.05) is 6.54 Å². The third kappa shape index (κ3) is 3.86. The molecule has 1 aromatic carbocycles. The van der Waals surface area contributed by atoms with Crippen LogP contribution < -0.4 is 4.72 Å². The van der Waals surface area contributed by atoms with Crippen LogP contribution in [0, 0.1) is 0 Å². The van der Waals surface area contributed by atoms with Crippen molar-refractivity contribution in [2.24, 2.45) is 0 Å². The third-order valence-corrected chi connectivity index (χ3v) is 4.45. The molecule has 1 aromatic rings. The van der Waals surface area contributed by atoms with Gasteiger partial charge >= 0.3 is 0 Å². The summed E-state index contributed by atoms with van der Waals surface area (Å²) in [4.78, 5) is 0.209. The molecule has 0 heterocycles. The molecule has 6 heteroatoms. The van der Waals surface area contributed by atoms with Gasteiger partial charge in [-0.15, -0.1) is 0 Å². The molecule has 0 aliphatic heterocycles. The van der Waals surface area contributed by atoms with Crippen molar-refractivity contribution in [2.45, 2.75) is 24.3 Å². The topological polar surface area (TPSA) is 66.4 Å².